The third kappa shape index (κ3) is 3.86. The third-order valence-corrected chi connectivity index (χ3v) is 5.27. The molecule has 1 N–H and O–H groups in total. The van der Waals surface area contributed by atoms with Gasteiger partial charge in [-0.3, -0.25) is 9.59 Å². The smallest absolute Gasteiger partial charge is 0.323 e. The van der Waals surface area contributed by atoms with Crippen molar-refractivity contribution in [2.75, 3.05) is 6.54 Å². The Balaban J connectivity index is 1.86. The van der Waals surface area contributed by atoms with Crippen LogP contribution >= 0.6 is 23.2 Å². The molecule has 1 aromatic carbocycles. The van der Waals surface area contributed by atoms with Crippen LogP contribution in [0.15, 0.2) is 18.2 Å². The van der Waals surface area contributed by atoms with E-state index in [1.54, 1.807) is 22.9 Å². The van der Waals surface area contributed by atoms with E-state index < -0.39 is 5.97 Å². The zero-order valence-corrected chi connectivity index (χ0v) is 16.0. The minimum atomic E-state index is -0.995. The molecular formula is C18H19Cl2N3O3. The van der Waals surface area contributed by atoms with E-state index in [0.717, 1.165) is 35.5 Å². The van der Waals surface area contributed by atoms with E-state index in [9.17, 15) is 9.59 Å². The quantitative estimate of drug-likeness (QED) is 0.812. The molecule has 26 heavy (non-hydrogen) atoms. The van der Waals surface area contributed by atoms with Crippen molar-refractivity contribution in [2.45, 2.75) is 39.2 Å². The van der Waals surface area contributed by atoms with Gasteiger partial charge in [0, 0.05) is 17.3 Å². The molecule has 138 valence electrons. The Kier molecular flexibility index (Phi) is 5.25. The normalized spacial score (nSPS) is 13.7. The van der Waals surface area contributed by atoms with E-state index in [-0.39, 0.29) is 24.9 Å². The van der Waals surface area contributed by atoms with Crippen LogP contribution in [0.3, 0.4) is 0 Å². The Bertz CT molecular complexity index is 875. The van der Waals surface area contributed by atoms with Crippen molar-refractivity contribution in [3.63, 3.8) is 0 Å². The first-order chi connectivity index (χ1) is 12.3. The second-order valence-electron chi connectivity index (χ2n) is 6.48. The summed E-state index contributed by atoms with van der Waals surface area (Å²) in [5.74, 6) is -1.18. The molecule has 1 fully saturated rings. The number of halogens is 2. The second-order valence-corrected chi connectivity index (χ2v) is 7.30. The van der Waals surface area contributed by atoms with Crippen molar-refractivity contribution in [1.29, 1.82) is 0 Å². The van der Waals surface area contributed by atoms with Crippen molar-refractivity contribution in [3.05, 3.63) is 45.2 Å². The average molecular weight is 396 g/mol. The summed E-state index contributed by atoms with van der Waals surface area (Å²) in [5, 5.41) is 14.5. The second kappa shape index (κ2) is 7.29. The molecule has 0 atom stereocenters. The molecule has 1 aromatic heterocycles. The minimum Gasteiger partial charge on any atom is -0.480 e. The Morgan fingerprint density at radius 1 is 1.27 bits per heavy atom. The Morgan fingerprint density at radius 2 is 1.96 bits per heavy atom. The molecule has 3 rings (SSSR count). The summed E-state index contributed by atoms with van der Waals surface area (Å²) in [7, 11) is 0. The highest BCUT2D eigenvalue weighted by Gasteiger charge is 2.34. The molecule has 0 aliphatic heterocycles. The van der Waals surface area contributed by atoms with Crippen molar-refractivity contribution in [2.24, 2.45) is 0 Å². The highest BCUT2D eigenvalue weighted by molar-refractivity contribution is 6.42. The average Bonchev–Trinajstić information content (AvgIpc) is 3.37. The number of aliphatic carboxylic acids is 1. The van der Waals surface area contributed by atoms with Crippen LogP contribution in [0.4, 0.5) is 0 Å². The summed E-state index contributed by atoms with van der Waals surface area (Å²) >= 11 is 12.1. The summed E-state index contributed by atoms with van der Waals surface area (Å²) in [6, 6.07) is 5.27. The first kappa shape index (κ1) is 18.7. The first-order valence-corrected chi connectivity index (χ1v) is 9.05. The third-order valence-electron chi connectivity index (χ3n) is 4.53. The zero-order valence-electron chi connectivity index (χ0n) is 14.5. The van der Waals surface area contributed by atoms with Crippen LogP contribution in [0.1, 0.15) is 29.8 Å². The SMILES string of the molecule is Cc1nn(-c2ccc(Cl)c(Cl)c2)c(C)c1CC(=O)N(CC(=O)O)C1CC1. The Hall–Kier alpha value is -2.05. The molecular weight excluding hydrogens is 377 g/mol. The van der Waals surface area contributed by atoms with E-state index >= 15 is 0 Å². The van der Waals surface area contributed by atoms with E-state index in [0.29, 0.717) is 10.0 Å². The molecule has 1 saturated carbocycles. The van der Waals surface area contributed by atoms with E-state index in [2.05, 4.69) is 5.10 Å². The summed E-state index contributed by atoms with van der Waals surface area (Å²) < 4.78 is 1.72. The lowest BCUT2D eigenvalue weighted by Gasteiger charge is -2.20. The molecule has 8 heteroatoms. The van der Waals surface area contributed by atoms with Crippen LogP contribution < -0.4 is 0 Å². The molecule has 0 spiro atoms. The number of hydrogen-bond acceptors (Lipinski definition) is 3. The molecule has 6 nitrogen and oxygen atoms in total. The number of carbonyl (C=O) groups excluding carboxylic acids is 1. The predicted molar refractivity (Wildman–Crippen MR) is 99.1 cm³/mol. The summed E-state index contributed by atoms with van der Waals surface area (Å²) in [6.07, 6.45) is 1.85. The number of benzene rings is 1. The summed E-state index contributed by atoms with van der Waals surface area (Å²) in [6.45, 7) is 3.45. The molecule has 1 aliphatic rings. The van der Waals surface area contributed by atoms with Crippen LogP contribution in [0.5, 0.6) is 0 Å². The highest BCUT2D eigenvalue weighted by atomic mass is 35.5. The van der Waals surface area contributed by atoms with Crippen molar-refractivity contribution in [3.8, 4) is 5.69 Å². The van der Waals surface area contributed by atoms with Gasteiger partial charge in [0.25, 0.3) is 0 Å². The van der Waals surface area contributed by atoms with Crippen molar-refractivity contribution < 1.29 is 14.7 Å². The zero-order chi connectivity index (χ0) is 19.0. The maximum Gasteiger partial charge on any atom is 0.323 e. The van der Waals surface area contributed by atoms with E-state index in [1.807, 2.05) is 13.8 Å². The Labute approximate surface area is 161 Å². The van der Waals surface area contributed by atoms with Gasteiger partial charge in [0.15, 0.2) is 0 Å². The number of carbonyl (C=O) groups is 2. The van der Waals surface area contributed by atoms with Crippen LogP contribution in [0, 0.1) is 13.8 Å². The van der Waals surface area contributed by atoms with Crippen molar-refractivity contribution >= 4 is 35.1 Å². The molecule has 1 heterocycles. The summed E-state index contributed by atoms with van der Waals surface area (Å²) in [4.78, 5) is 25.2. The summed E-state index contributed by atoms with van der Waals surface area (Å²) in [5.41, 5.74) is 3.11. The molecule has 1 aliphatic carbocycles. The largest absolute Gasteiger partial charge is 0.480 e. The fourth-order valence-corrected chi connectivity index (χ4v) is 3.30. The Morgan fingerprint density at radius 3 is 2.54 bits per heavy atom. The number of carboxylic acids is 1. The molecule has 2 aromatic rings. The molecule has 0 saturated heterocycles. The fraction of sp³-hybridized carbons (Fsp3) is 0.389. The van der Waals surface area contributed by atoms with Gasteiger partial charge in [-0.15, -0.1) is 0 Å². The molecule has 1 amide bonds. The van der Waals surface area contributed by atoms with Gasteiger partial charge in [0.1, 0.15) is 6.54 Å². The lowest BCUT2D eigenvalue weighted by molar-refractivity contribution is -0.144. The van der Waals surface area contributed by atoms with E-state index in [1.165, 1.54) is 4.90 Å². The number of aryl methyl sites for hydroxylation is 1. The van der Waals surface area contributed by atoms with Gasteiger partial charge >= 0.3 is 5.97 Å². The maximum atomic E-state index is 12.7. The number of carboxylic acid groups (broad SMARTS) is 1. The minimum absolute atomic E-state index is 0.0457. The lowest BCUT2D eigenvalue weighted by atomic mass is 10.1. The van der Waals surface area contributed by atoms with Gasteiger partial charge < -0.3 is 10.0 Å². The van der Waals surface area contributed by atoms with Crippen LogP contribution in [-0.2, 0) is 16.0 Å². The molecule has 0 bridgehead atoms. The predicted octanol–water partition coefficient (Wildman–Crippen LogP) is 3.41. The number of aromatic nitrogens is 2. The van der Waals surface area contributed by atoms with Gasteiger partial charge in [-0.1, -0.05) is 23.2 Å². The maximum absolute atomic E-state index is 12.7. The van der Waals surface area contributed by atoms with Gasteiger partial charge in [-0.05, 0) is 44.9 Å². The topological polar surface area (TPSA) is 75.4 Å². The first-order valence-electron chi connectivity index (χ1n) is 8.29. The van der Waals surface area contributed by atoms with Gasteiger partial charge in [0.2, 0.25) is 5.91 Å². The number of hydrogen-bond donors (Lipinski definition) is 1. The van der Waals surface area contributed by atoms with Crippen molar-refractivity contribution in [1.82, 2.24) is 14.7 Å². The van der Waals surface area contributed by atoms with Gasteiger partial charge in [-0.2, -0.15) is 5.10 Å². The monoisotopic (exact) mass is 395 g/mol. The van der Waals surface area contributed by atoms with Gasteiger partial charge in [-0.25, -0.2) is 4.68 Å². The number of amides is 1. The van der Waals surface area contributed by atoms with Crippen LogP contribution in [0.25, 0.3) is 5.69 Å². The fourth-order valence-electron chi connectivity index (χ4n) is 3.00. The van der Waals surface area contributed by atoms with Crippen LogP contribution in [-0.4, -0.2) is 44.3 Å². The molecule has 0 unspecified atom stereocenters. The standard InChI is InChI=1S/C18H19Cl2N3O3/c1-10-14(8-17(24)22(9-18(25)26)12-3-4-12)11(2)23(21-10)13-5-6-15(19)16(20)7-13/h5-7,12H,3-4,8-9H2,1-2H3,(H,25,26). The lowest BCUT2D eigenvalue weighted by Crippen LogP contribution is -2.38. The van der Waals surface area contributed by atoms with Gasteiger partial charge in [0.05, 0.1) is 27.8 Å². The number of nitrogens with zero attached hydrogens (tertiary/aromatic N) is 3. The number of rotatable bonds is 6. The molecule has 0 radical (unpaired) electrons. The highest BCUT2D eigenvalue weighted by Crippen LogP contribution is 2.29. The van der Waals surface area contributed by atoms with E-state index in [4.69, 9.17) is 28.3 Å². The van der Waals surface area contributed by atoms with Crippen LogP contribution in [0.2, 0.25) is 10.0 Å².